The third kappa shape index (κ3) is 5.72. The number of hydrogen-bond acceptors (Lipinski definition) is 6. The molecule has 0 radical (unpaired) electrons. The van der Waals surface area contributed by atoms with Gasteiger partial charge in [0.25, 0.3) is 0 Å². The number of ether oxygens (including phenoxy) is 2. The van der Waals surface area contributed by atoms with Crippen LogP contribution in [0.4, 0.5) is 0 Å². The molecule has 1 aliphatic heterocycles. The highest BCUT2D eigenvalue weighted by molar-refractivity contribution is 7.99. The molecular formula is C26H33NO5S. The van der Waals surface area contributed by atoms with E-state index >= 15 is 0 Å². The number of thioether (sulfide) groups is 1. The Hall–Kier alpha value is -2.06. The van der Waals surface area contributed by atoms with Crippen LogP contribution in [0.5, 0.6) is 5.75 Å². The highest BCUT2D eigenvalue weighted by atomic mass is 32.2. The summed E-state index contributed by atoms with van der Waals surface area (Å²) in [4.78, 5) is 12.7. The summed E-state index contributed by atoms with van der Waals surface area (Å²) in [6.45, 7) is 6.87. The fourth-order valence-corrected chi connectivity index (χ4v) is 5.61. The quantitative estimate of drug-likeness (QED) is 0.399. The van der Waals surface area contributed by atoms with Gasteiger partial charge in [-0.1, -0.05) is 30.3 Å². The number of aliphatic hydroxyl groups is 1. The lowest BCUT2D eigenvalue weighted by Crippen LogP contribution is -2.44. The Morgan fingerprint density at radius 1 is 1.21 bits per heavy atom. The van der Waals surface area contributed by atoms with Crippen molar-refractivity contribution in [3.63, 3.8) is 0 Å². The van der Waals surface area contributed by atoms with E-state index in [1.165, 1.54) is 4.90 Å². The molecule has 2 aromatic carbocycles. The normalized spacial score (nSPS) is 22.7. The van der Waals surface area contributed by atoms with Crippen molar-refractivity contribution < 1.29 is 24.5 Å². The molecular weight excluding hydrogens is 438 g/mol. The summed E-state index contributed by atoms with van der Waals surface area (Å²) in [5, 5.41) is 23.3. The highest BCUT2D eigenvalue weighted by Gasteiger charge is 2.63. The summed E-state index contributed by atoms with van der Waals surface area (Å²) in [5.74, 6) is 0.371. The number of nitrogens with one attached hydrogen (secondary N) is 1. The molecule has 33 heavy (non-hydrogen) atoms. The second-order valence-electron chi connectivity index (χ2n) is 9.54. The van der Waals surface area contributed by atoms with Gasteiger partial charge in [-0.15, -0.1) is 11.8 Å². The zero-order chi connectivity index (χ0) is 23.6. The molecule has 178 valence electrons. The van der Waals surface area contributed by atoms with E-state index in [-0.39, 0.29) is 30.3 Å². The smallest absolute Gasteiger partial charge is 0.311 e. The van der Waals surface area contributed by atoms with Crippen LogP contribution in [0.2, 0.25) is 0 Å². The lowest BCUT2D eigenvalue weighted by molar-refractivity contribution is -0.139. The van der Waals surface area contributed by atoms with Crippen LogP contribution in [0.3, 0.4) is 0 Å². The Balaban J connectivity index is 1.22. The molecule has 0 saturated heterocycles. The van der Waals surface area contributed by atoms with Crippen molar-refractivity contribution in [2.75, 3.05) is 18.9 Å². The van der Waals surface area contributed by atoms with Gasteiger partial charge in [0.15, 0.2) is 0 Å². The average Bonchev–Trinajstić information content (AvgIpc) is 3.38. The van der Waals surface area contributed by atoms with Gasteiger partial charge in [0.1, 0.15) is 17.8 Å². The number of aliphatic hydroxyl groups excluding tert-OH is 1. The van der Waals surface area contributed by atoms with Crippen LogP contribution in [-0.4, -0.2) is 52.8 Å². The number of aliphatic carboxylic acids is 1. The van der Waals surface area contributed by atoms with Crippen molar-refractivity contribution >= 4 is 17.7 Å². The lowest BCUT2D eigenvalue weighted by Gasteiger charge is -2.28. The molecule has 0 spiro atoms. The first-order valence-electron chi connectivity index (χ1n) is 11.5. The second kappa shape index (κ2) is 10.1. The standard InChI is InChI=1S/C26H33NO5S/c1-16(19-10-7-11-20-21(19)22-23(25(29)30)24(22)32-20)31-15-17(28)14-27-26(2,3)12-13-33-18-8-5-4-6-9-18/h4-11,16-17,22-24,27-28H,12-15H2,1-3H3,(H,29,30)/t16-,17-,22+,23+,24+/m1/s1. The van der Waals surface area contributed by atoms with Crippen molar-refractivity contribution in [1.82, 2.24) is 5.32 Å². The van der Waals surface area contributed by atoms with E-state index in [1.54, 1.807) is 0 Å². The molecule has 2 aromatic rings. The van der Waals surface area contributed by atoms with E-state index in [2.05, 4.69) is 31.3 Å². The topological polar surface area (TPSA) is 88.0 Å². The Bertz CT molecular complexity index is 966. The van der Waals surface area contributed by atoms with E-state index in [9.17, 15) is 15.0 Å². The Morgan fingerprint density at radius 3 is 2.70 bits per heavy atom. The molecule has 5 atom stereocenters. The molecule has 1 fully saturated rings. The van der Waals surface area contributed by atoms with Gasteiger partial charge in [-0.3, -0.25) is 4.79 Å². The number of carboxylic acid groups (broad SMARTS) is 1. The molecule has 0 unspecified atom stereocenters. The first-order valence-corrected chi connectivity index (χ1v) is 12.5. The number of carbonyl (C=O) groups is 1. The number of carboxylic acids is 1. The molecule has 1 heterocycles. The molecule has 3 N–H and O–H groups in total. The van der Waals surface area contributed by atoms with Crippen LogP contribution in [0, 0.1) is 5.92 Å². The van der Waals surface area contributed by atoms with Crippen LogP contribution in [0.1, 0.15) is 50.3 Å². The molecule has 6 nitrogen and oxygen atoms in total. The van der Waals surface area contributed by atoms with Gasteiger partial charge >= 0.3 is 5.97 Å². The summed E-state index contributed by atoms with van der Waals surface area (Å²) in [7, 11) is 0. The first kappa shape index (κ1) is 24.1. The van der Waals surface area contributed by atoms with Crippen LogP contribution in [0.25, 0.3) is 0 Å². The van der Waals surface area contributed by atoms with Crippen LogP contribution in [-0.2, 0) is 9.53 Å². The Morgan fingerprint density at radius 2 is 1.97 bits per heavy atom. The molecule has 0 bridgehead atoms. The van der Waals surface area contributed by atoms with Crippen LogP contribution in [0.15, 0.2) is 53.4 Å². The van der Waals surface area contributed by atoms with E-state index in [1.807, 2.05) is 55.1 Å². The minimum absolute atomic E-state index is 0.0964. The third-order valence-electron chi connectivity index (χ3n) is 6.47. The zero-order valence-electron chi connectivity index (χ0n) is 19.4. The molecule has 2 aliphatic rings. The molecule has 0 amide bonds. The summed E-state index contributed by atoms with van der Waals surface area (Å²) in [6.07, 6.45) is -0.188. The van der Waals surface area contributed by atoms with Crippen molar-refractivity contribution in [3.05, 3.63) is 59.7 Å². The minimum Gasteiger partial charge on any atom is -0.489 e. The van der Waals surface area contributed by atoms with Crippen molar-refractivity contribution in [1.29, 1.82) is 0 Å². The van der Waals surface area contributed by atoms with Gasteiger partial charge in [-0.25, -0.2) is 0 Å². The lowest BCUT2D eigenvalue weighted by atomic mass is 9.98. The predicted molar refractivity (Wildman–Crippen MR) is 129 cm³/mol. The third-order valence-corrected chi connectivity index (χ3v) is 7.48. The largest absolute Gasteiger partial charge is 0.489 e. The fourth-order valence-electron chi connectivity index (χ4n) is 4.42. The number of fused-ring (bicyclic) bond motifs is 3. The van der Waals surface area contributed by atoms with Crippen molar-refractivity contribution in [2.45, 2.75) is 61.9 Å². The maximum Gasteiger partial charge on any atom is 0.311 e. The second-order valence-corrected chi connectivity index (χ2v) is 10.7. The average molecular weight is 472 g/mol. The van der Waals surface area contributed by atoms with Gasteiger partial charge in [-0.2, -0.15) is 0 Å². The maximum atomic E-state index is 11.4. The summed E-state index contributed by atoms with van der Waals surface area (Å²) < 4.78 is 11.8. The van der Waals surface area contributed by atoms with Gasteiger partial charge in [-0.05, 0) is 56.7 Å². The summed E-state index contributed by atoms with van der Waals surface area (Å²) in [5.41, 5.74) is 1.80. The highest BCUT2D eigenvalue weighted by Crippen LogP contribution is 2.60. The SMILES string of the molecule is C[C@@H](OC[C@H](O)CNC(C)(C)CCSc1ccccc1)c1cccc2c1[C@@H]1[C@H](O2)[C@H]1C(=O)O. The predicted octanol–water partition coefficient (Wildman–Crippen LogP) is 4.23. The number of hydrogen-bond donors (Lipinski definition) is 3. The van der Waals surface area contributed by atoms with Gasteiger partial charge < -0.3 is 25.0 Å². The van der Waals surface area contributed by atoms with Crippen LogP contribution < -0.4 is 10.1 Å². The molecule has 0 aromatic heterocycles. The number of β-amino-alcohol motifs (C(OH)–C–C–N with tert-alkyl or cyclic N) is 1. The minimum atomic E-state index is -0.815. The van der Waals surface area contributed by atoms with E-state index in [4.69, 9.17) is 9.47 Å². The molecule has 1 saturated carbocycles. The van der Waals surface area contributed by atoms with Gasteiger partial charge in [0.05, 0.1) is 18.8 Å². The van der Waals surface area contributed by atoms with Gasteiger partial charge in [0, 0.05) is 28.5 Å². The zero-order valence-corrected chi connectivity index (χ0v) is 20.2. The number of rotatable bonds is 12. The van der Waals surface area contributed by atoms with Gasteiger partial charge in [0.2, 0.25) is 0 Å². The summed E-state index contributed by atoms with van der Waals surface area (Å²) in [6, 6.07) is 16.1. The van der Waals surface area contributed by atoms with E-state index in [0.29, 0.717) is 6.54 Å². The van der Waals surface area contributed by atoms with E-state index < -0.39 is 18.0 Å². The van der Waals surface area contributed by atoms with Crippen LogP contribution >= 0.6 is 11.8 Å². The number of benzene rings is 2. The van der Waals surface area contributed by atoms with E-state index in [0.717, 1.165) is 29.1 Å². The van der Waals surface area contributed by atoms with Crippen molar-refractivity contribution in [2.24, 2.45) is 5.92 Å². The summed E-state index contributed by atoms with van der Waals surface area (Å²) >= 11 is 1.83. The van der Waals surface area contributed by atoms with Crippen molar-refractivity contribution in [3.8, 4) is 5.75 Å². The molecule has 1 aliphatic carbocycles. The molecule has 4 rings (SSSR count). The maximum absolute atomic E-state index is 11.4. The Labute approximate surface area is 199 Å². The Kier molecular flexibility index (Phi) is 7.34. The fraction of sp³-hybridized carbons (Fsp3) is 0.500. The monoisotopic (exact) mass is 471 g/mol. The molecule has 7 heteroatoms. The first-order chi connectivity index (χ1) is 15.8.